The number of rotatable bonds is 4. The zero-order chi connectivity index (χ0) is 16.6. The number of aromatic nitrogens is 3. The van der Waals surface area contributed by atoms with Gasteiger partial charge in [-0.3, -0.25) is 9.40 Å². The summed E-state index contributed by atoms with van der Waals surface area (Å²) in [6, 6.07) is 7.38. The van der Waals surface area contributed by atoms with Crippen LogP contribution in [0.4, 0.5) is 10.2 Å². The Bertz CT molecular complexity index is 962. The lowest BCUT2D eigenvalue weighted by Gasteiger charge is -2.05. The van der Waals surface area contributed by atoms with Gasteiger partial charge in [-0.2, -0.15) is 13.5 Å². The number of anilines is 1. The first-order chi connectivity index (χ1) is 10.9. The Morgan fingerprint density at radius 3 is 2.65 bits per heavy atom. The molecule has 2 aromatic heterocycles. The van der Waals surface area contributed by atoms with Gasteiger partial charge in [-0.25, -0.2) is 4.39 Å². The van der Waals surface area contributed by atoms with Crippen LogP contribution in [0.1, 0.15) is 5.56 Å². The van der Waals surface area contributed by atoms with Gasteiger partial charge >= 0.3 is 0 Å². The smallest absolute Gasteiger partial charge is 0.280 e. The number of aryl methyl sites for hydroxylation is 1. The fourth-order valence-electron chi connectivity index (χ4n) is 2.13. The van der Waals surface area contributed by atoms with E-state index in [2.05, 4.69) is 15.0 Å². The van der Waals surface area contributed by atoms with Crippen LogP contribution in [0.2, 0.25) is 0 Å². The first-order valence-electron chi connectivity index (χ1n) is 6.62. The molecule has 2 heterocycles. The van der Waals surface area contributed by atoms with Gasteiger partial charge < -0.3 is 4.52 Å². The summed E-state index contributed by atoms with van der Waals surface area (Å²) in [5.41, 5.74) is 0.601. The lowest BCUT2D eigenvalue weighted by Crippen LogP contribution is -2.17. The lowest BCUT2D eigenvalue weighted by molar-refractivity contribution is 0.432. The molecular weight excluding hydrogens is 323 g/mol. The summed E-state index contributed by atoms with van der Waals surface area (Å²) in [6.45, 7) is 1.60. The van der Waals surface area contributed by atoms with E-state index in [1.807, 2.05) is 0 Å². The summed E-state index contributed by atoms with van der Waals surface area (Å²) in [5, 5.41) is 7.49. The number of benzene rings is 1. The second-order valence-corrected chi connectivity index (χ2v) is 6.49. The van der Waals surface area contributed by atoms with Crippen LogP contribution in [0.15, 0.2) is 46.1 Å². The summed E-state index contributed by atoms with van der Waals surface area (Å²) in [5.74, 6) is -0.303. The quantitative estimate of drug-likeness (QED) is 0.790. The van der Waals surface area contributed by atoms with Crippen molar-refractivity contribution in [3.05, 3.63) is 47.9 Å². The molecule has 23 heavy (non-hydrogen) atoms. The van der Waals surface area contributed by atoms with Crippen LogP contribution in [0.3, 0.4) is 0 Å². The lowest BCUT2D eigenvalue weighted by atomic mass is 10.1. The molecule has 0 saturated heterocycles. The van der Waals surface area contributed by atoms with Crippen molar-refractivity contribution in [2.75, 3.05) is 4.72 Å². The molecule has 3 rings (SSSR count). The van der Waals surface area contributed by atoms with E-state index in [9.17, 15) is 12.8 Å². The molecule has 0 bridgehead atoms. The number of nitrogens with one attached hydrogen (secondary N) is 1. The molecule has 0 spiro atoms. The van der Waals surface area contributed by atoms with Gasteiger partial charge in [0, 0.05) is 12.6 Å². The Balaban J connectivity index is 1.98. The van der Waals surface area contributed by atoms with E-state index in [0.717, 1.165) is 0 Å². The summed E-state index contributed by atoms with van der Waals surface area (Å²) in [6.07, 6.45) is 1.37. The molecule has 0 aliphatic heterocycles. The highest BCUT2D eigenvalue weighted by Crippen LogP contribution is 2.31. The summed E-state index contributed by atoms with van der Waals surface area (Å²) in [4.78, 5) is 0. The van der Waals surface area contributed by atoms with Gasteiger partial charge in [-0.15, -0.1) is 0 Å². The molecule has 1 N–H and O–H groups in total. The van der Waals surface area contributed by atoms with E-state index in [0.29, 0.717) is 5.56 Å². The fourth-order valence-corrected chi connectivity index (χ4v) is 3.32. The van der Waals surface area contributed by atoms with Gasteiger partial charge in [0.25, 0.3) is 10.0 Å². The first-order valence-corrected chi connectivity index (χ1v) is 8.10. The predicted molar refractivity (Wildman–Crippen MR) is 80.7 cm³/mol. The van der Waals surface area contributed by atoms with Gasteiger partial charge in [-0.05, 0) is 25.1 Å². The molecule has 9 heteroatoms. The van der Waals surface area contributed by atoms with Crippen molar-refractivity contribution in [1.29, 1.82) is 0 Å². The average molecular weight is 336 g/mol. The standard InChI is InChI=1S/C14H13FN4O3S/c1-9-13(10-5-3-4-6-11(10)15)22-17-14(9)18-23(20,21)12-7-8-16-19(12)2/h3-8H,1-2H3,(H,17,18). The third-order valence-electron chi connectivity index (χ3n) is 3.32. The Kier molecular flexibility index (Phi) is 3.64. The van der Waals surface area contributed by atoms with Crippen LogP contribution in [0.25, 0.3) is 11.3 Å². The molecule has 0 fully saturated rings. The van der Waals surface area contributed by atoms with Crippen molar-refractivity contribution in [2.45, 2.75) is 11.9 Å². The van der Waals surface area contributed by atoms with Crippen molar-refractivity contribution in [1.82, 2.24) is 14.9 Å². The van der Waals surface area contributed by atoms with Crippen LogP contribution in [0.5, 0.6) is 0 Å². The largest absolute Gasteiger partial charge is 0.354 e. The molecule has 0 atom stereocenters. The van der Waals surface area contributed by atoms with E-state index in [4.69, 9.17) is 4.52 Å². The van der Waals surface area contributed by atoms with Crippen molar-refractivity contribution >= 4 is 15.8 Å². The maximum atomic E-state index is 13.8. The molecule has 0 aliphatic rings. The highest BCUT2D eigenvalue weighted by molar-refractivity contribution is 7.92. The number of hydrogen-bond acceptors (Lipinski definition) is 5. The molecule has 0 radical (unpaired) electrons. The van der Waals surface area contributed by atoms with E-state index >= 15 is 0 Å². The van der Waals surface area contributed by atoms with E-state index in [-0.39, 0.29) is 22.2 Å². The average Bonchev–Trinajstić information content (AvgIpc) is 3.07. The zero-order valence-electron chi connectivity index (χ0n) is 12.3. The normalized spacial score (nSPS) is 11.6. The minimum Gasteiger partial charge on any atom is -0.354 e. The minimum absolute atomic E-state index is 0.00412. The third kappa shape index (κ3) is 2.70. The predicted octanol–water partition coefficient (Wildman–Crippen LogP) is 2.32. The van der Waals surface area contributed by atoms with Gasteiger partial charge in [0.15, 0.2) is 16.6 Å². The second kappa shape index (κ2) is 5.51. The number of halogens is 1. The first kappa shape index (κ1) is 15.2. The molecule has 3 aromatic rings. The van der Waals surface area contributed by atoms with Gasteiger partial charge in [0.2, 0.25) is 0 Å². The van der Waals surface area contributed by atoms with Crippen LogP contribution >= 0.6 is 0 Å². The SMILES string of the molecule is Cc1c(NS(=O)(=O)c2ccnn2C)noc1-c1ccccc1F. The number of sulfonamides is 1. The van der Waals surface area contributed by atoms with Crippen molar-refractivity contribution in [2.24, 2.45) is 7.05 Å². The van der Waals surface area contributed by atoms with Crippen LogP contribution in [0, 0.1) is 12.7 Å². The van der Waals surface area contributed by atoms with Gasteiger partial charge in [0.1, 0.15) is 5.82 Å². The number of nitrogens with zero attached hydrogens (tertiary/aromatic N) is 3. The fraction of sp³-hybridized carbons (Fsp3) is 0.143. The zero-order valence-corrected chi connectivity index (χ0v) is 13.1. The molecular formula is C14H13FN4O3S. The molecule has 0 saturated carbocycles. The monoisotopic (exact) mass is 336 g/mol. The highest BCUT2D eigenvalue weighted by atomic mass is 32.2. The number of hydrogen-bond donors (Lipinski definition) is 1. The van der Waals surface area contributed by atoms with Gasteiger partial charge in [0.05, 0.1) is 11.8 Å². The van der Waals surface area contributed by atoms with Crippen molar-refractivity contribution < 1.29 is 17.3 Å². The van der Waals surface area contributed by atoms with Gasteiger partial charge in [-0.1, -0.05) is 17.3 Å². The minimum atomic E-state index is -3.87. The molecule has 0 amide bonds. The van der Waals surface area contributed by atoms with Crippen LogP contribution in [-0.4, -0.2) is 23.4 Å². The maximum absolute atomic E-state index is 13.8. The van der Waals surface area contributed by atoms with E-state index in [1.54, 1.807) is 19.1 Å². The second-order valence-electron chi connectivity index (χ2n) is 4.86. The van der Waals surface area contributed by atoms with Crippen molar-refractivity contribution in [3.63, 3.8) is 0 Å². The molecule has 0 unspecified atom stereocenters. The molecule has 7 nitrogen and oxygen atoms in total. The maximum Gasteiger partial charge on any atom is 0.280 e. The van der Waals surface area contributed by atoms with Crippen LogP contribution in [-0.2, 0) is 17.1 Å². The summed E-state index contributed by atoms with van der Waals surface area (Å²) >= 11 is 0. The summed E-state index contributed by atoms with van der Waals surface area (Å²) in [7, 11) is -2.36. The van der Waals surface area contributed by atoms with E-state index in [1.165, 1.54) is 36.1 Å². The third-order valence-corrected chi connectivity index (χ3v) is 4.74. The Labute approximate surface area is 131 Å². The highest BCUT2D eigenvalue weighted by Gasteiger charge is 2.23. The molecule has 1 aromatic carbocycles. The van der Waals surface area contributed by atoms with Crippen molar-refractivity contribution in [3.8, 4) is 11.3 Å². The van der Waals surface area contributed by atoms with E-state index < -0.39 is 15.8 Å². The Hall–Kier alpha value is -2.68. The Morgan fingerprint density at radius 2 is 2.00 bits per heavy atom. The Morgan fingerprint density at radius 1 is 1.26 bits per heavy atom. The molecule has 120 valence electrons. The molecule has 0 aliphatic carbocycles. The summed E-state index contributed by atoms with van der Waals surface area (Å²) < 4.78 is 47.1. The topological polar surface area (TPSA) is 90.0 Å². The van der Waals surface area contributed by atoms with Crippen LogP contribution < -0.4 is 4.72 Å².